The number of nitroso groups, excluding NO2 is 1. The third kappa shape index (κ3) is 2.64. The van der Waals surface area contributed by atoms with Crippen molar-refractivity contribution < 1.29 is 19.1 Å². The fraction of sp³-hybridized carbons (Fsp3) is 0.154. The summed E-state index contributed by atoms with van der Waals surface area (Å²) in [5.74, 6) is -1.11. The summed E-state index contributed by atoms with van der Waals surface area (Å²) < 4.78 is 10.5. The molecule has 0 spiro atoms. The Morgan fingerprint density at radius 1 is 1.24 bits per heavy atom. The van der Waals surface area contributed by atoms with E-state index in [2.05, 4.69) is 19.6 Å². The summed E-state index contributed by atoms with van der Waals surface area (Å²) in [5, 5.41) is 2.84. The van der Waals surface area contributed by atoms with Crippen LogP contribution in [-0.4, -0.2) is 35.7 Å². The van der Waals surface area contributed by atoms with Gasteiger partial charge in [-0.1, -0.05) is 0 Å². The number of rotatable bonds is 4. The smallest absolute Gasteiger partial charge is 0.355 e. The van der Waals surface area contributed by atoms with Crippen LogP contribution in [0.4, 0.5) is 5.69 Å². The molecule has 0 saturated carbocycles. The van der Waals surface area contributed by atoms with Gasteiger partial charge in [0.05, 0.1) is 19.8 Å². The maximum Gasteiger partial charge on any atom is 0.355 e. The second kappa shape index (κ2) is 5.95. The number of hydrogen-bond acceptors (Lipinski definition) is 7. The molecule has 0 saturated heterocycles. The number of nitrogens with zero attached hydrogens (tertiary/aromatic N) is 3. The Morgan fingerprint density at radius 3 is 2.57 bits per heavy atom. The first-order chi connectivity index (χ1) is 10.1. The van der Waals surface area contributed by atoms with Gasteiger partial charge in [-0.05, 0) is 23.4 Å². The molecule has 0 bridgehead atoms. The largest absolute Gasteiger partial charge is 0.465 e. The molecule has 2 rings (SSSR count). The van der Waals surface area contributed by atoms with Crippen LogP contribution in [0.1, 0.15) is 20.8 Å². The molecule has 0 amide bonds. The van der Waals surface area contributed by atoms with E-state index in [1.165, 1.54) is 43.3 Å². The van der Waals surface area contributed by atoms with E-state index in [1.54, 1.807) is 6.07 Å². The fourth-order valence-electron chi connectivity index (χ4n) is 1.76. The molecule has 0 atom stereocenters. The molecule has 0 aliphatic rings. The Balaban J connectivity index is 2.55. The zero-order chi connectivity index (χ0) is 15.4. The predicted octanol–water partition coefficient (Wildman–Crippen LogP) is 1.84. The summed E-state index contributed by atoms with van der Waals surface area (Å²) in [4.78, 5) is 38.0. The second-order valence-electron chi connectivity index (χ2n) is 3.90. The van der Waals surface area contributed by atoms with E-state index >= 15 is 0 Å². The molecule has 0 aliphatic heterocycles. The van der Waals surface area contributed by atoms with Crippen molar-refractivity contribution in [3.05, 3.63) is 46.8 Å². The third-order valence-electron chi connectivity index (χ3n) is 2.74. The summed E-state index contributed by atoms with van der Waals surface area (Å²) in [6.07, 6.45) is 2.76. The molecule has 2 heterocycles. The zero-order valence-electron chi connectivity index (χ0n) is 11.3. The quantitative estimate of drug-likeness (QED) is 0.629. The minimum absolute atomic E-state index is 0.0858. The first kappa shape index (κ1) is 14.4. The van der Waals surface area contributed by atoms with Gasteiger partial charge in [0.1, 0.15) is 5.69 Å². The lowest BCUT2D eigenvalue weighted by molar-refractivity contribution is 0.0585. The minimum Gasteiger partial charge on any atom is -0.465 e. The molecule has 108 valence electrons. The lowest BCUT2D eigenvalue weighted by atomic mass is 10.2. The first-order valence-corrected chi connectivity index (χ1v) is 5.80. The Labute approximate surface area is 119 Å². The number of methoxy groups -OCH3 is 2. The van der Waals surface area contributed by atoms with Gasteiger partial charge in [0.25, 0.3) is 0 Å². The van der Waals surface area contributed by atoms with E-state index in [0.717, 1.165) is 0 Å². The molecule has 8 nitrogen and oxygen atoms in total. The number of aromatic nitrogens is 2. The van der Waals surface area contributed by atoms with Gasteiger partial charge in [0.2, 0.25) is 0 Å². The Morgan fingerprint density at radius 2 is 1.95 bits per heavy atom. The van der Waals surface area contributed by atoms with Crippen LogP contribution in [0.25, 0.3) is 5.82 Å². The number of hydrogen-bond donors (Lipinski definition) is 0. The number of esters is 2. The average molecular weight is 289 g/mol. The van der Waals surface area contributed by atoms with Crippen molar-refractivity contribution >= 4 is 17.6 Å². The van der Waals surface area contributed by atoms with Crippen LogP contribution in [-0.2, 0) is 9.47 Å². The summed E-state index contributed by atoms with van der Waals surface area (Å²) in [6, 6.07) is 4.34. The van der Waals surface area contributed by atoms with Crippen LogP contribution in [0.5, 0.6) is 0 Å². The third-order valence-corrected chi connectivity index (χ3v) is 2.74. The summed E-state index contributed by atoms with van der Waals surface area (Å²) >= 11 is 0. The van der Waals surface area contributed by atoms with E-state index in [4.69, 9.17) is 0 Å². The summed E-state index contributed by atoms with van der Waals surface area (Å²) in [6.45, 7) is 0. The number of carbonyl (C=O) groups is 2. The molecule has 0 fully saturated rings. The topological polar surface area (TPSA) is 99.8 Å². The second-order valence-corrected chi connectivity index (χ2v) is 3.90. The van der Waals surface area contributed by atoms with Crippen molar-refractivity contribution in [3.8, 4) is 5.82 Å². The molecule has 0 radical (unpaired) electrons. The highest BCUT2D eigenvalue weighted by Crippen LogP contribution is 2.24. The number of ether oxygens (including phenoxy) is 2. The van der Waals surface area contributed by atoms with Crippen LogP contribution < -0.4 is 0 Å². The molecule has 8 heteroatoms. The average Bonchev–Trinajstić information content (AvgIpc) is 3.01. The van der Waals surface area contributed by atoms with E-state index in [0.29, 0.717) is 0 Å². The van der Waals surface area contributed by atoms with Gasteiger partial charge < -0.3 is 9.47 Å². The van der Waals surface area contributed by atoms with Crippen LogP contribution in [0.15, 0.2) is 35.8 Å². The van der Waals surface area contributed by atoms with Crippen molar-refractivity contribution in [2.24, 2.45) is 5.18 Å². The predicted molar refractivity (Wildman–Crippen MR) is 71.7 cm³/mol. The van der Waals surface area contributed by atoms with Crippen LogP contribution >= 0.6 is 0 Å². The summed E-state index contributed by atoms with van der Waals surface area (Å²) in [7, 11) is 2.46. The fourth-order valence-corrected chi connectivity index (χ4v) is 1.76. The minimum atomic E-state index is -0.639. The zero-order valence-corrected chi connectivity index (χ0v) is 11.3. The van der Waals surface area contributed by atoms with Gasteiger partial charge >= 0.3 is 11.9 Å². The van der Waals surface area contributed by atoms with Gasteiger partial charge in [0, 0.05) is 12.4 Å². The SMILES string of the molecule is COC(=O)c1cnc(-n2cccc2C(=O)OC)c(N=O)c1. The van der Waals surface area contributed by atoms with Crippen molar-refractivity contribution in [2.45, 2.75) is 0 Å². The van der Waals surface area contributed by atoms with Crippen molar-refractivity contribution in [3.63, 3.8) is 0 Å². The Kier molecular flexibility index (Phi) is 4.07. The van der Waals surface area contributed by atoms with Crippen molar-refractivity contribution in [1.82, 2.24) is 9.55 Å². The standard InChI is InChI=1S/C13H11N3O5/c1-20-12(17)8-6-9(15-19)11(14-7-8)16-5-3-4-10(16)13(18)21-2/h3-7H,1-2H3. The Hall–Kier alpha value is -3.03. The molecule has 0 aromatic carbocycles. The van der Waals surface area contributed by atoms with Gasteiger partial charge in [-0.3, -0.25) is 4.57 Å². The molecule has 21 heavy (non-hydrogen) atoms. The van der Waals surface area contributed by atoms with E-state index in [1.807, 2.05) is 0 Å². The maximum absolute atomic E-state index is 11.6. The molecular weight excluding hydrogens is 278 g/mol. The summed E-state index contributed by atoms with van der Waals surface area (Å²) in [5.41, 5.74) is 0.169. The van der Waals surface area contributed by atoms with Gasteiger partial charge in [-0.25, -0.2) is 14.6 Å². The monoisotopic (exact) mass is 289 g/mol. The van der Waals surface area contributed by atoms with Crippen molar-refractivity contribution in [1.29, 1.82) is 0 Å². The van der Waals surface area contributed by atoms with Gasteiger partial charge in [-0.2, -0.15) is 0 Å². The van der Waals surface area contributed by atoms with Crippen LogP contribution in [0.3, 0.4) is 0 Å². The molecule has 2 aromatic heterocycles. The number of pyridine rings is 1. The molecule has 0 N–H and O–H groups in total. The molecule has 0 unspecified atom stereocenters. The Bertz CT molecular complexity index is 708. The van der Waals surface area contributed by atoms with E-state index in [9.17, 15) is 14.5 Å². The lowest BCUT2D eigenvalue weighted by Gasteiger charge is -2.09. The highest BCUT2D eigenvalue weighted by Gasteiger charge is 2.18. The molecular formula is C13H11N3O5. The number of carbonyl (C=O) groups excluding carboxylic acids is 2. The maximum atomic E-state index is 11.6. The van der Waals surface area contributed by atoms with E-state index < -0.39 is 11.9 Å². The van der Waals surface area contributed by atoms with Gasteiger partial charge in [0.15, 0.2) is 11.5 Å². The van der Waals surface area contributed by atoms with E-state index in [-0.39, 0.29) is 22.8 Å². The highest BCUT2D eigenvalue weighted by molar-refractivity contribution is 5.91. The normalized spacial score (nSPS) is 10.0. The molecule has 2 aromatic rings. The highest BCUT2D eigenvalue weighted by atomic mass is 16.5. The van der Waals surface area contributed by atoms with Crippen LogP contribution in [0, 0.1) is 4.91 Å². The van der Waals surface area contributed by atoms with Gasteiger partial charge in [-0.15, -0.1) is 4.91 Å². The van der Waals surface area contributed by atoms with Crippen molar-refractivity contribution in [2.75, 3.05) is 14.2 Å². The van der Waals surface area contributed by atoms with Crippen LogP contribution in [0.2, 0.25) is 0 Å². The lowest BCUT2D eigenvalue weighted by Crippen LogP contribution is -2.10. The first-order valence-electron chi connectivity index (χ1n) is 5.80. The molecule has 0 aliphatic carbocycles.